The molecule has 2 fully saturated rings. The Morgan fingerprint density at radius 3 is 3.00 bits per heavy atom. The van der Waals surface area contributed by atoms with Crippen LogP contribution in [-0.4, -0.2) is 42.1 Å². The van der Waals surface area contributed by atoms with Gasteiger partial charge in [-0.15, -0.1) is 0 Å². The summed E-state index contributed by atoms with van der Waals surface area (Å²) in [6.07, 6.45) is 3.82. The minimum Gasteiger partial charge on any atom is -0.506 e. The van der Waals surface area contributed by atoms with Crippen LogP contribution in [-0.2, 0) is 11.2 Å². The lowest BCUT2D eigenvalue weighted by Crippen LogP contribution is -2.47. The number of nitrogens with one attached hydrogen (secondary N) is 1. The first-order chi connectivity index (χ1) is 10.1. The number of likely N-dealkylation sites (tertiary alicyclic amines) is 1. The van der Waals surface area contributed by atoms with Gasteiger partial charge in [0.1, 0.15) is 5.75 Å². The maximum atomic E-state index is 12.5. The number of piperidine rings is 1. The predicted octanol–water partition coefficient (Wildman–Crippen LogP) is 2.19. The Labute approximate surface area is 130 Å². The Hall–Kier alpha value is -1.26. The normalized spacial score (nSPS) is 25.5. The van der Waals surface area contributed by atoms with E-state index in [0.717, 1.165) is 38.2 Å². The molecular weight excluding hydrogens is 288 g/mol. The van der Waals surface area contributed by atoms with Crippen molar-refractivity contribution in [1.29, 1.82) is 0 Å². The molecule has 0 aliphatic carbocycles. The van der Waals surface area contributed by atoms with E-state index in [4.69, 9.17) is 11.6 Å². The highest BCUT2D eigenvalue weighted by molar-refractivity contribution is 6.32. The van der Waals surface area contributed by atoms with Crippen molar-refractivity contribution in [1.82, 2.24) is 10.2 Å². The highest BCUT2D eigenvalue weighted by atomic mass is 35.5. The van der Waals surface area contributed by atoms with Gasteiger partial charge in [-0.25, -0.2) is 0 Å². The van der Waals surface area contributed by atoms with Gasteiger partial charge < -0.3 is 15.3 Å². The van der Waals surface area contributed by atoms with Gasteiger partial charge in [0.15, 0.2) is 0 Å². The molecule has 0 bridgehead atoms. The van der Waals surface area contributed by atoms with E-state index in [-0.39, 0.29) is 11.7 Å². The number of benzene rings is 1. The zero-order valence-electron chi connectivity index (χ0n) is 12.1. The molecule has 2 aliphatic rings. The minimum atomic E-state index is 0.0572. The number of halogens is 1. The first-order valence-corrected chi connectivity index (χ1v) is 7.92. The maximum absolute atomic E-state index is 12.5. The van der Waals surface area contributed by atoms with Gasteiger partial charge in [-0.1, -0.05) is 17.7 Å². The number of phenols is 1. The summed E-state index contributed by atoms with van der Waals surface area (Å²) in [4.78, 5) is 14.5. The molecule has 114 valence electrons. The maximum Gasteiger partial charge on any atom is 0.227 e. The predicted molar refractivity (Wildman–Crippen MR) is 82.6 cm³/mol. The van der Waals surface area contributed by atoms with E-state index in [1.165, 1.54) is 12.8 Å². The van der Waals surface area contributed by atoms with Crippen molar-refractivity contribution in [3.63, 3.8) is 0 Å². The Balaban J connectivity index is 1.65. The third-order valence-corrected chi connectivity index (χ3v) is 5.02. The van der Waals surface area contributed by atoms with Gasteiger partial charge in [0.05, 0.1) is 11.4 Å². The van der Waals surface area contributed by atoms with Crippen LogP contribution in [0.2, 0.25) is 5.02 Å². The quantitative estimate of drug-likeness (QED) is 0.880. The van der Waals surface area contributed by atoms with Crippen molar-refractivity contribution in [2.75, 3.05) is 26.2 Å². The van der Waals surface area contributed by atoms with E-state index >= 15 is 0 Å². The summed E-state index contributed by atoms with van der Waals surface area (Å²) in [5, 5.41) is 13.2. The molecule has 1 aromatic rings. The molecule has 0 saturated carbocycles. The van der Waals surface area contributed by atoms with Gasteiger partial charge in [-0.05, 0) is 43.5 Å². The van der Waals surface area contributed by atoms with Crippen LogP contribution >= 0.6 is 11.6 Å². The summed E-state index contributed by atoms with van der Waals surface area (Å²) in [6, 6.07) is 4.98. The first kappa shape index (κ1) is 14.7. The van der Waals surface area contributed by atoms with Crippen molar-refractivity contribution in [2.45, 2.75) is 25.7 Å². The molecule has 0 aromatic heterocycles. The average molecular weight is 309 g/mol. The summed E-state index contributed by atoms with van der Waals surface area (Å²) in [5.41, 5.74) is 1.15. The lowest BCUT2D eigenvalue weighted by molar-refractivity contribution is -0.133. The number of aromatic hydroxyl groups is 1. The lowest BCUT2D eigenvalue weighted by Gasteiger charge is -2.40. The van der Waals surface area contributed by atoms with Crippen LogP contribution in [0.15, 0.2) is 18.2 Å². The van der Waals surface area contributed by atoms with Crippen LogP contribution in [0, 0.1) is 5.41 Å². The van der Waals surface area contributed by atoms with Gasteiger partial charge >= 0.3 is 0 Å². The van der Waals surface area contributed by atoms with Gasteiger partial charge in [-0.3, -0.25) is 4.79 Å². The van der Waals surface area contributed by atoms with Crippen molar-refractivity contribution >= 4 is 17.5 Å². The molecule has 1 atom stereocenters. The molecule has 21 heavy (non-hydrogen) atoms. The second-order valence-corrected chi connectivity index (χ2v) is 6.72. The van der Waals surface area contributed by atoms with E-state index in [0.29, 0.717) is 16.9 Å². The molecule has 1 aromatic carbocycles. The van der Waals surface area contributed by atoms with Crippen LogP contribution in [0.4, 0.5) is 0 Å². The van der Waals surface area contributed by atoms with Crippen LogP contribution in [0.25, 0.3) is 0 Å². The Kier molecular flexibility index (Phi) is 4.09. The fourth-order valence-corrected chi connectivity index (χ4v) is 3.71. The van der Waals surface area contributed by atoms with Crippen molar-refractivity contribution in [2.24, 2.45) is 5.41 Å². The fraction of sp³-hybridized carbons (Fsp3) is 0.562. The molecule has 2 N–H and O–H groups in total. The Bertz CT molecular complexity index is 541. The number of rotatable bonds is 2. The zero-order chi connectivity index (χ0) is 14.9. The molecule has 0 unspecified atom stereocenters. The van der Waals surface area contributed by atoms with Gasteiger partial charge in [0.25, 0.3) is 0 Å². The van der Waals surface area contributed by atoms with Crippen molar-refractivity contribution < 1.29 is 9.90 Å². The van der Waals surface area contributed by atoms with E-state index in [2.05, 4.69) is 5.32 Å². The van der Waals surface area contributed by atoms with Gasteiger partial charge in [0.2, 0.25) is 5.91 Å². The SMILES string of the molecule is O=C(Cc1ccc(O)c(Cl)c1)N1CCC[C@]2(CCNC2)C1. The van der Waals surface area contributed by atoms with E-state index in [9.17, 15) is 9.90 Å². The molecule has 5 heteroatoms. The molecular formula is C16H21ClN2O2. The highest BCUT2D eigenvalue weighted by Gasteiger charge is 2.39. The summed E-state index contributed by atoms with van der Waals surface area (Å²) < 4.78 is 0. The number of carbonyl (C=O) groups excluding carboxylic acids is 1. The molecule has 2 aliphatic heterocycles. The minimum absolute atomic E-state index is 0.0572. The van der Waals surface area contributed by atoms with Crippen LogP contribution in [0.5, 0.6) is 5.75 Å². The largest absolute Gasteiger partial charge is 0.506 e. The number of amides is 1. The summed E-state index contributed by atoms with van der Waals surface area (Å²) in [7, 11) is 0. The third kappa shape index (κ3) is 3.16. The third-order valence-electron chi connectivity index (χ3n) is 4.71. The average Bonchev–Trinajstić information content (AvgIpc) is 2.91. The number of phenolic OH excluding ortho intramolecular Hbond substituents is 1. The molecule has 3 rings (SSSR count). The summed E-state index contributed by atoms with van der Waals surface area (Å²) in [6.45, 7) is 3.81. The van der Waals surface area contributed by atoms with Crippen LogP contribution < -0.4 is 5.32 Å². The Morgan fingerprint density at radius 1 is 1.43 bits per heavy atom. The molecule has 4 nitrogen and oxygen atoms in total. The topological polar surface area (TPSA) is 52.6 Å². The Morgan fingerprint density at radius 2 is 2.29 bits per heavy atom. The number of carbonyl (C=O) groups is 1. The zero-order valence-corrected chi connectivity index (χ0v) is 12.8. The second kappa shape index (κ2) is 5.85. The molecule has 2 heterocycles. The van der Waals surface area contributed by atoms with Crippen molar-refractivity contribution in [3.05, 3.63) is 28.8 Å². The smallest absolute Gasteiger partial charge is 0.227 e. The lowest BCUT2D eigenvalue weighted by atomic mass is 9.79. The fourth-order valence-electron chi connectivity index (χ4n) is 3.51. The van der Waals surface area contributed by atoms with Crippen LogP contribution in [0.3, 0.4) is 0 Å². The number of nitrogens with zero attached hydrogens (tertiary/aromatic N) is 1. The first-order valence-electron chi connectivity index (χ1n) is 7.54. The van der Waals surface area contributed by atoms with Crippen molar-refractivity contribution in [3.8, 4) is 5.75 Å². The van der Waals surface area contributed by atoms with E-state index < -0.39 is 0 Å². The van der Waals surface area contributed by atoms with E-state index in [1.54, 1.807) is 18.2 Å². The molecule has 1 spiro atoms. The molecule has 0 radical (unpaired) electrons. The molecule has 1 amide bonds. The summed E-state index contributed by atoms with van der Waals surface area (Å²) in [5.74, 6) is 0.213. The summed E-state index contributed by atoms with van der Waals surface area (Å²) >= 11 is 5.90. The van der Waals surface area contributed by atoms with Gasteiger partial charge in [-0.2, -0.15) is 0 Å². The molecule has 2 saturated heterocycles. The number of hydrogen-bond acceptors (Lipinski definition) is 3. The number of hydrogen-bond donors (Lipinski definition) is 2. The van der Waals surface area contributed by atoms with E-state index in [1.807, 2.05) is 4.90 Å². The standard InChI is InChI=1S/C16H21ClN2O2/c17-13-8-12(2-3-14(13)20)9-15(21)19-7-1-4-16(11-19)5-6-18-10-16/h2-3,8,18,20H,1,4-7,9-11H2/t16-/m1/s1. The highest BCUT2D eigenvalue weighted by Crippen LogP contribution is 2.35. The second-order valence-electron chi connectivity index (χ2n) is 6.31. The van der Waals surface area contributed by atoms with Gasteiger partial charge in [0, 0.05) is 25.0 Å². The van der Waals surface area contributed by atoms with Crippen LogP contribution in [0.1, 0.15) is 24.8 Å². The monoisotopic (exact) mass is 308 g/mol.